The summed E-state index contributed by atoms with van der Waals surface area (Å²) in [4.78, 5) is 2.55. The van der Waals surface area contributed by atoms with Gasteiger partial charge in [0.25, 0.3) is 0 Å². The molecule has 0 radical (unpaired) electrons. The summed E-state index contributed by atoms with van der Waals surface area (Å²) >= 11 is 0. The highest BCUT2D eigenvalue weighted by Gasteiger charge is 2.24. The van der Waals surface area contributed by atoms with Crippen molar-refractivity contribution in [1.82, 2.24) is 4.90 Å². The Hall–Kier alpha value is -0.120. The summed E-state index contributed by atoms with van der Waals surface area (Å²) in [6, 6.07) is 0.562. The van der Waals surface area contributed by atoms with Crippen LogP contribution in [0.4, 0.5) is 0 Å². The number of ether oxygens (including phenoxy) is 1. The average molecular weight is 270 g/mol. The van der Waals surface area contributed by atoms with Crippen LogP contribution in [0.2, 0.25) is 0 Å². The van der Waals surface area contributed by atoms with Crippen molar-refractivity contribution in [3.8, 4) is 0 Å². The molecule has 1 aliphatic heterocycles. The molecule has 114 valence electrons. The van der Waals surface area contributed by atoms with Gasteiger partial charge in [0.1, 0.15) is 0 Å². The zero-order chi connectivity index (χ0) is 13.9. The highest BCUT2D eigenvalue weighted by molar-refractivity contribution is 4.77. The zero-order valence-corrected chi connectivity index (χ0v) is 13.1. The molecule has 3 heteroatoms. The van der Waals surface area contributed by atoms with Crippen molar-refractivity contribution >= 4 is 0 Å². The van der Waals surface area contributed by atoms with Crippen molar-refractivity contribution < 1.29 is 4.74 Å². The third-order valence-electron chi connectivity index (χ3n) is 4.20. The number of hydrogen-bond donors (Lipinski definition) is 1. The predicted octanol–water partition coefficient (Wildman–Crippen LogP) is 3.18. The van der Waals surface area contributed by atoms with Crippen LogP contribution in [-0.4, -0.2) is 43.3 Å². The first-order valence-electron chi connectivity index (χ1n) is 8.33. The Kier molecular flexibility index (Phi) is 9.48. The molecule has 0 aromatic heterocycles. The van der Waals surface area contributed by atoms with E-state index >= 15 is 0 Å². The van der Waals surface area contributed by atoms with Gasteiger partial charge >= 0.3 is 0 Å². The molecule has 19 heavy (non-hydrogen) atoms. The van der Waals surface area contributed by atoms with E-state index in [1.54, 1.807) is 0 Å². The molecule has 1 rings (SSSR count). The van der Waals surface area contributed by atoms with Crippen LogP contribution in [-0.2, 0) is 4.74 Å². The van der Waals surface area contributed by atoms with Crippen LogP contribution < -0.4 is 5.73 Å². The molecule has 0 aromatic rings. The van der Waals surface area contributed by atoms with Crippen molar-refractivity contribution in [1.29, 1.82) is 0 Å². The Bertz CT molecular complexity index is 211. The van der Waals surface area contributed by atoms with Gasteiger partial charge in [0.15, 0.2) is 0 Å². The maximum absolute atomic E-state index is 5.69. The molecule has 1 aliphatic rings. The topological polar surface area (TPSA) is 38.5 Å². The van der Waals surface area contributed by atoms with Gasteiger partial charge in [-0.1, -0.05) is 51.9 Å². The largest absolute Gasteiger partial charge is 0.374 e. The van der Waals surface area contributed by atoms with Crippen molar-refractivity contribution in [3.63, 3.8) is 0 Å². The van der Waals surface area contributed by atoms with Crippen molar-refractivity contribution in [2.75, 3.05) is 26.2 Å². The van der Waals surface area contributed by atoms with Crippen LogP contribution in [0.25, 0.3) is 0 Å². The summed E-state index contributed by atoms with van der Waals surface area (Å²) in [5, 5.41) is 0. The first kappa shape index (κ1) is 16.9. The highest BCUT2D eigenvalue weighted by atomic mass is 16.5. The minimum atomic E-state index is 0.255. The lowest BCUT2D eigenvalue weighted by Gasteiger charge is -2.37. The fourth-order valence-corrected chi connectivity index (χ4v) is 2.78. The van der Waals surface area contributed by atoms with E-state index in [0.29, 0.717) is 12.6 Å². The molecule has 0 aliphatic carbocycles. The van der Waals surface area contributed by atoms with Gasteiger partial charge in [-0.2, -0.15) is 0 Å². The fourth-order valence-electron chi connectivity index (χ4n) is 2.78. The summed E-state index contributed by atoms with van der Waals surface area (Å²) in [5.74, 6) is 0. The van der Waals surface area contributed by atoms with E-state index in [1.165, 1.54) is 57.9 Å². The summed E-state index contributed by atoms with van der Waals surface area (Å²) in [6.07, 6.45) is 11.4. The van der Waals surface area contributed by atoms with Crippen LogP contribution >= 0.6 is 0 Å². The van der Waals surface area contributed by atoms with Crippen molar-refractivity contribution in [2.24, 2.45) is 5.73 Å². The third-order valence-corrected chi connectivity index (χ3v) is 4.20. The standard InChI is InChI=1S/C16H34N2O/c1-3-4-5-6-7-8-9-10-11-18-13-16(12-17)19-14-15(18)2/h15-16H,3-14,17H2,1-2H3. The van der Waals surface area contributed by atoms with Gasteiger partial charge in [-0.15, -0.1) is 0 Å². The number of unbranched alkanes of at least 4 members (excludes halogenated alkanes) is 7. The van der Waals surface area contributed by atoms with Gasteiger partial charge in [-0.05, 0) is 19.9 Å². The molecule has 1 saturated heterocycles. The summed E-state index contributed by atoms with van der Waals surface area (Å²) in [7, 11) is 0. The van der Waals surface area contributed by atoms with E-state index in [0.717, 1.165) is 13.2 Å². The summed E-state index contributed by atoms with van der Waals surface area (Å²) in [6.45, 7) is 8.28. The monoisotopic (exact) mass is 270 g/mol. The predicted molar refractivity (Wildman–Crippen MR) is 82.4 cm³/mol. The molecule has 1 fully saturated rings. The van der Waals surface area contributed by atoms with Crippen LogP contribution in [0.1, 0.15) is 65.2 Å². The molecule has 0 bridgehead atoms. The van der Waals surface area contributed by atoms with Crippen molar-refractivity contribution in [3.05, 3.63) is 0 Å². The second-order valence-electron chi connectivity index (χ2n) is 6.01. The summed E-state index contributed by atoms with van der Waals surface area (Å²) < 4.78 is 5.69. The normalized spacial score (nSPS) is 24.8. The van der Waals surface area contributed by atoms with Crippen LogP contribution in [0.3, 0.4) is 0 Å². The van der Waals surface area contributed by atoms with Gasteiger partial charge in [0.2, 0.25) is 0 Å². The maximum atomic E-state index is 5.69. The molecule has 0 spiro atoms. The van der Waals surface area contributed by atoms with E-state index in [9.17, 15) is 0 Å². The van der Waals surface area contributed by atoms with Crippen molar-refractivity contribution in [2.45, 2.75) is 77.4 Å². The molecule has 1 heterocycles. The summed E-state index contributed by atoms with van der Waals surface area (Å²) in [5.41, 5.74) is 5.69. The quantitative estimate of drug-likeness (QED) is 0.620. The van der Waals surface area contributed by atoms with E-state index in [1.807, 2.05) is 0 Å². The number of nitrogens with two attached hydrogens (primary N) is 1. The lowest BCUT2D eigenvalue weighted by molar-refractivity contribution is -0.0537. The van der Waals surface area contributed by atoms with Gasteiger partial charge in [0, 0.05) is 19.1 Å². The lowest BCUT2D eigenvalue weighted by Crippen LogP contribution is -2.50. The molecular formula is C16H34N2O. The van der Waals surface area contributed by atoms with Gasteiger partial charge in [-0.25, -0.2) is 0 Å². The molecule has 0 saturated carbocycles. The van der Waals surface area contributed by atoms with E-state index in [-0.39, 0.29) is 6.10 Å². The first-order valence-corrected chi connectivity index (χ1v) is 8.33. The molecule has 0 aromatic carbocycles. The SMILES string of the molecule is CCCCCCCCCCN1CC(CN)OCC1C. The number of hydrogen-bond acceptors (Lipinski definition) is 3. The van der Waals surface area contributed by atoms with Crippen LogP contribution in [0.5, 0.6) is 0 Å². The molecule has 0 amide bonds. The highest BCUT2D eigenvalue weighted by Crippen LogP contribution is 2.13. The third kappa shape index (κ3) is 7.28. The van der Waals surface area contributed by atoms with Crippen LogP contribution in [0.15, 0.2) is 0 Å². The zero-order valence-electron chi connectivity index (χ0n) is 13.1. The molecule has 3 nitrogen and oxygen atoms in total. The van der Waals surface area contributed by atoms with E-state index in [4.69, 9.17) is 10.5 Å². The number of rotatable bonds is 10. The minimum absolute atomic E-state index is 0.255. The van der Waals surface area contributed by atoms with E-state index in [2.05, 4.69) is 18.7 Å². The molecule has 2 unspecified atom stereocenters. The van der Waals surface area contributed by atoms with E-state index < -0.39 is 0 Å². The van der Waals surface area contributed by atoms with Crippen LogP contribution in [0, 0.1) is 0 Å². The molecule has 2 atom stereocenters. The molecule has 2 N–H and O–H groups in total. The minimum Gasteiger partial charge on any atom is -0.374 e. The average Bonchev–Trinajstić information content (AvgIpc) is 2.43. The van der Waals surface area contributed by atoms with Gasteiger partial charge in [-0.3, -0.25) is 4.90 Å². The number of nitrogens with zero attached hydrogens (tertiary/aromatic N) is 1. The maximum Gasteiger partial charge on any atom is 0.0824 e. The van der Waals surface area contributed by atoms with Gasteiger partial charge < -0.3 is 10.5 Å². The number of morpholine rings is 1. The second-order valence-corrected chi connectivity index (χ2v) is 6.01. The fraction of sp³-hybridized carbons (Fsp3) is 1.00. The van der Waals surface area contributed by atoms with Gasteiger partial charge in [0.05, 0.1) is 12.7 Å². The Balaban J connectivity index is 1.98. The smallest absolute Gasteiger partial charge is 0.0824 e. The second kappa shape index (κ2) is 10.6. The lowest BCUT2D eigenvalue weighted by atomic mass is 10.1. The first-order chi connectivity index (χ1) is 9.27. The Morgan fingerprint density at radius 1 is 1.05 bits per heavy atom. The Labute approximate surface area is 119 Å². The molecular weight excluding hydrogens is 236 g/mol. The Morgan fingerprint density at radius 2 is 1.68 bits per heavy atom. The Morgan fingerprint density at radius 3 is 2.32 bits per heavy atom.